The highest BCUT2D eigenvalue weighted by Crippen LogP contribution is 2.41. The molecule has 0 aliphatic carbocycles. The Kier molecular flexibility index (Phi) is 4.12. The zero-order chi connectivity index (χ0) is 10.8. The van der Waals surface area contributed by atoms with Gasteiger partial charge < -0.3 is 19.3 Å². The lowest BCUT2D eigenvalue weighted by Gasteiger charge is -2.18. The van der Waals surface area contributed by atoms with Crippen LogP contribution in [0.3, 0.4) is 0 Å². The average Bonchev–Trinajstić information content (AvgIpc) is 2.28. The molecule has 1 heterocycles. The summed E-state index contributed by atoms with van der Waals surface area (Å²) in [7, 11) is -1.11. The van der Waals surface area contributed by atoms with Crippen LogP contribution in [0, 0.1) is 0 Å². The van der Waals surface area contributed by atoms with E-state index in [9.17, 15) is 4.57 Å². The maximum Gasteiger partial charge on any atom is 0.469 e. The fourth-order valence-corrected chi connectivity index (χ4v) is 2.09. The first-order valence-corrected chi connectivity index (χ1v) is 5.83. The van der Waals surface area contributed by atoms with E-state index in [2.05, 4.69) is 4.52 Å². The summed E-state index contributed by atoms with van der Waals surface area (Å²) in [6.07, 6.45) is -0.521. The molecule has 1 saturated heterocycles. The summed E-state index contributed by atoms with van der Waals surface area (Å²) >= 11 is 0. The molecule has 1 aliphatic rings. The molecule has 0 amide bonds. The molecule has 0 spiro atoms. The zero-order valence-electron chi connectivity index (χ0n) is 8.12. The zero-order valence-corrected chi connectivity index (χ0v) is 9.02. The molecule has 0 saturated carbocycles. The molecule has 0 radical (unpaired) electrons. The minimum atomic E-state index is -4.44. The summed E-state index contributed by atoms with van der Waals surface area (Å²) in [5.74, 6) is 0. The van der Waals surface area contributed by atoms with E-state index in [0.29, 0.717) is 6.42 Å². The summed E-state index contributed by atoms with van der Waals surface area (Å²) in [6, 6.07) is -0.0632. The van der Waals surface area contributed by atoms with Gasteiger partial charge in [0.05, 0.1) is 12.7 Å². The Hall–Kier alpha value is 0.0949. The fourth-order valence-electron chi connectivity index (χ4n) is 1.52. The van der Waals surface area contributed by atoms with E-state index < -0.39 is 20.0 Å². The fraction of sp³-hybridized carbons (Fsp3) is 1.00. The molecule has 2 N–H and O–H groups in total. The normalized spacial score (nSPS) is 33.5. The van der Waals surface area contributed by atoms with Crippen molar-refractivity contribution in [1.82, 2.24) is 0 Å². The van der Waals surface area contributed by atoms with Crippen molar-refractivity contribution in [2.75, 3.05) is 13.7 Å². The van der Waals surface area contributed by atoms with Crippen molar-refractivity contribution in [2.24, 2.45) is 0 Å². The van der Waals surface area contributed by atoms with Crippen molar-refractivity contribution >= 4 is 15.7 Å². The molecule has 1 rings (SSSR count). The maximum absolute atomic E-state index is 10.6. The van der Waals surface area contributed by atoms with Crippen LogP contribution in [0.4, 0.5) is 0 Å². The third-order valence-corrected chi connectivity index (χ3v) is 2.54. The van der Waals surface area contributed by atoms with Gasteiger partial charge in [0.25, 0.3) is 0 Å². The molecule has 0 aromatic rings. The highest BCUT2D eigenvalue weighted by molar-refractivity contribution is 7.46. The van der Waals surface area contributed by atoms with Crippen LogP contribution < -0.4 is 0 Å². The number of phosphoric acid groups is 1. The van der Waals surface area contributed by atoms with E-state index in [1.54, 1.807) is 0 Å². The lowest BCUT2D eigenvalue weighted by Crippen LogP contribution is -2.28. The number of methoxy groups -OCH3 is 1. The van der Waals surface area contributed by atoms with Crippen LogP contribution in [0.15, 0.2) is 0 Å². The lowest BCUT2D eigenvalue weighted by molar-refractivity contribution is -0.0170. The Morgan fingerprint density at radius 2 is 2.29 bits per heavy atom. The highest BCUT2D eigenvalue weighted by atomic mass is 31.2. The molecule has 6 nitrogen and oxygen atoms in total. The molecule has 82 valence electrons. The molecule has 3 atom stereocenters. The van der Waals surface area contributed by atoms with Gasteiger partial charge in [-0.05, 0) is 6.42 Å². The maximum atomic E-state index is 10.6. The van der Waals surface area contributed by atoms with E-state index in [4.69, 9.17) is 19.3 Å². The lowest BCUT2D eigenvalue weighted by atomic mass is 9.96. The van der Waals surface area contributed by atoms with Gasteiger partial charge in [-0.25, -0.2) is 4.57 Å². The predicted octanol–water partition coefficient (Wildman–Crippen LogP) is -1.14. The van der Waals surface area contributed by atoms with Crippen LogP contribution >= 0.6 is 7.82 Å². The third kappa shape index (κ3) is 3.69. The second-order valence-electron chi connectivity index (χ2n) is 3.31. The number of hydrogen-bond donors (Lipinski definition) is 2. The average molecular weight is 224 g/mol. The SMILES string of the molecule is B[C@H]1CC(OP(=O)(O)O)[C@@H](COC)O1. The van der Waals surface area contributed by atoms with Crippen LogP contribution in [0.25, 0.3) is 0 Å². The molecule has 0 aromatic heterocycles. The minimum Gasteiger partial charge on any atom is -0.382 e. The van der Waals surface area contributed by atoms with Gasteiger partial charge in [-0.2, -0.15) is 0 Å². The topological polar surface area (TPSA) is 85.2 Å². The number of phosphoric ester groups is 1. The molecule has 1 unspecified atom stereocenters. The van der Waals surface area contributed by atoms with Crippen molar-refractivity contribution < 1.29 is 28.3 Å². The molecular weight excluding hydrogens is 210 g/mol. The monoisotopic (exact) mass is 224 g/mol. The van der Waals surface area contributed by atoms with Crippen LogP contribution in [-0.2, 0) is 18.6 Å². The second kappa shape index (κ2) is 4.74. The van der Waals surface area contributed by atoms with Gasteiger partial charge >= 0.3 is 7.82 Å². The third-order valence-electron chi connectivity index (χ3n) is 1.99. The largest absolute Gasteiger partial charge is 0.469 e. The Morgan fingerprint density at radius 1 is 1.64 bits per heavy atom. The Morgan fingerprint density at radius 3 is 2.79 bits per heavy atom. The van der Waals surface area contributed by atoms with E-state index in [1.165, 1.54) is 7.11 Å². The van der Waals surface area contributed by atoms with Crippen LogP contribution in [-0.4, -0.2) is 49.6 Å². The molecule has 8 heteroatoms. The number of rotatable bonds is 4. The highest BCUT2D eigenvalue weighted by Gasteiger charge is 2.37. The quantitative estimate of drug-likeness (QED) is 0.463. The van der Waals surface area contributed by atoms with E-state index in [0.717, 1.165) is 0 Å². The van der Waals surface area contributed by atoms with Gasteiger partial charge in [-0.3, -0.25) is 4.52 Å². The van der Waals surface area contributed by atoms with E-state index in [-0.39, 0.29) is 12.6 Å². The van der Waals surface area contributed by atoms with Crippen LogP contribution in [0.2, 0.25) is 0 Å². The van der Waals surface area contributed by atoms with Crippen LogP contribution in [0.1, 0.15) is 6.42 Å². The first-order chi connectivity index (χ1) is 6.42. The Labute approximate surface area is 83.2 Å². The predicted molar refractivity (Wildman–Crippen MR) is 50.6 cm³/mol. The van der Waals surface area contributed by atoms with E-state index >= 15 is 0 Å². The van der Waals surface area contributed by atoms with Gasteiger partial charge in [0.15, 0.2) is 0 Å². The second-order valence-corrected chi connectivity index (χ2v) is 4.50. The summed E-state index contributed by atoms with van der Waals surface area (Å²) in [4.78, 5) is 17.3. The molecule has 0 bridgehead atoms. The summed E-state index contributed by atoms with van der Waals surface area (Å²) in [5, 5.41) is 0. The standard InChI is InChI=1S/C6H14BO6P/c1-11-3-5-4(2-6(7)12-5)13-14(8,9)10/h4-6H,2-3,7H2,1H3,(H2,8,9,10)/t4?,5-,6-/m1/s1. The molecule has 1 fully saturated rings. The van der Waals surface area contributed by atoms with E-state index in [1.807, 2.05) is 7.85 Å². The first-order valence-electron chi connectivity index (χ1n) is 4.30. The van der Waals surface area contributed by atoms with Crippen molar-refractivity contribution in [3.8, 4) is 0 Å². The molecular formula is C6H14BO6P. The summed E-state index contributed by atoms with van der Waals surface area (Å²) < 4.78 is 25.4. The van der Waals surface area contributed by atoms with Gasteiger partial charge in [-0.1, -0.05) is 0 Å². The number of hydrogen-bond acceptors (Lipinski definition) is 4. The number of ether oxygens (including phenoxy) is 2. The first kappa shape index (κ1) is 12.2. The van der Waals surface area contributed by atoms with Gasteiger partial charge in [0.1, 0.15) is 14.0 Å². The Bertz CT molecular complexity index is 230. The Balaban J connectivity index is 2.53. The molecule has 1 aliphatic heterocycles. The van der Waals surface area contributed by atoms with Gasteiger partial charge in [0, 0.05) is 13.1 Å². The minimum absolute atomic E-state index is 0.0632. The van der Waals surface area contributed by atoms with Crippen molar-refractivity contribution in [2.45, 2.75) is 24.6 Å². The smallest absolute Gasteiger partial charge is 0.382 e. The summed E-state index contributed by atoms with van der Waals surface area (Å²) in [6.45, 7) is 0.273. The van der Waals surface area contributed by atoms with Crippen molar-refractivity contribution in [1.29, 1.82) is 0 Å². The van der Waals surface area contributed by atoms with Crippen molar-refractivity contribution in [3.05, 3.63) is 0 Å². The van der Waals surface area contributed by atoms with Gasteiger partial charge in [0.2, 0.25) is 0 Å². The van der Waals surface area contributed by atoms with Crippen LogP contribution in [0.5, 0.6) is 0 Å². The van der Waals surface area contributed by atoms with Crippen molar-refractivity contribution in [3.63, 3.8) is 0 Å². The molecule has 0 aromatic carbocycles. The summed E-state index contributed by atoms with van der Waals surface area (Å²) in [5.41, 5.74) is 0. The molecule has 14 heavy (non-hydrogen) atoms. The van der Waals surface area contributed by atoms with Gasteiger partial charge in [-0.15, -0.1) is 0 Å².